The van der Waals surface area contributed by atoms with Crippen molar-refractivity contribution in [3.8, 4) is 0 Å². The minimum atomic E-state index is -0.789. The molecule has 0 aromatic heterocycles. The first-order valence-electron chi connectivity index (χ1n) is 11.6. The summed E-state index contributed by atoms with van der Waals surface area (Å²) in [6, 6.07) is 12.7. The molecule has 8 heteroatoms. The molecule has 0 bridgehead atoms. The van der Waals surface area contributed by atoms with Crippen molar-refractivity contribution < 1.29 is 23.9 Å². The van der Waals surface area contributed by atoms with Gasteiger partial charge in [-0.1, -0.05) is 30.3 Å². The Morgan fingerprint density at radius 1 is 0.824 bits per heavy atom. The van der Waals surface area contributed by atoms with Crippen LogP contribution >= 0.6 is 0 Å². The van der Waals surface area contributed by atoms with Crippen LogP contribution in [0.15, 0.2) is 42.5 Å². The number of rotatable bonds is 8. The van der Waals surface area contributed by atoms with E-state index in [1.165, 1.54) is 0 Å². The van der Waals surface area contributed by atoms with Crippen molar-refractivity contribution in [2.45, 2.75) is 78.0 Å². The van der Waals surface area contributed by atoms with Crippen LogP contribution in [-0.2, 0) is 14.3 Å². The summed E-state index contributed by atoms with van der Waals surface area (Å²) in [6.45, 7) is 11.1. The fourth-order valence-electron chi connectivity index (χ4n) is 3.19. The lowest BCUT2D eigenvalue weighted by Gasteiger charge is -2.23. The van der Waals surface area contributed by atoms with E-state index in [9.17, 15) is 14.4 Å². The predicted molar refractivity (Wildman–Crippen MR) is 134 cm³/mol. The molecule has 0 saturated carbocycles. The summed E-state index contributed by atoms with van der Waals surface area (Å²) in [7, 11) is 0. The minimum absolute atomic E-state index is 0.332. The number of fused-ring (bicyclic) bond motifs is 1. The topological polar surface area (TPSA) is 106 Å². The molecule has 0 saturated heterocycles. The molecule has 0 aliphatic rings. The Morgan fingerprint density at radius 3 is 2.09 bits per heavy atom. The van der Waals surface area contributed by atoms with Gasteiger partial charge in [-0.15, -0.1) is 0 Å². The van der Waals surface area contributed by atoms with Crippen LogP contribution in [0.25, 0.3) is 10.8 Å². The molecule has 0 aliphatic heterocycles. The number of amides is 3. The van der Waals surface area contributed by atoms with E-state index in [1.54, 1.807) is 41.5 Å². The lowest BCUT2D eigenvalue weighted by molar-refractivity contribution is -0.118. The summed E-state index contributed by atoms with van der Waals surface area (Å²) in [4.78, 5) is 37.1. The van der Waals surface area contributed by atoms with Gasteiger partial charge < -0.3 is 25.4 Å². The fraction of sp³-hybridized carbons (Fsp3) is 0.500. The van der Waals surface area contributed by atoms with Crippen LogP contribution in [0.5, 0.6) is 0 Å². The summed E-state index contributed by atoms with van der Waals surface area (Å²) in [5.74, 6) is -0.332. The molecule has 0 unspecified atom stereocenters. The van der Waals surface area contributed by atoms with Crippen LogP contribution in [-0.4, -0.2) is 41.9 Å². The van der Waals surface area contributed by atoms with Crippen molar-refractivity contribution in [2.24, 2.45) is 0 Å². The van der Waals surface area contributed by atoms with Gasteiger partial charge in [0, 0.05) is 12.2 Å². The smallest absolute Gasteiger partial charge is 0.408 e. The predicted octanol–water partition coefficient (Wildman–Crippen LogP) is 5.37. The van der Waals surface area contributed by atoms with Gasteiger partial charge in [0.15, 0.2) is 0 Å². The van der Waals surface area contributed by atoms with E-state index in [0.717, 1.165) is 10.8 Å². The zero-order valence-electron chi connectivity index (χ0n) is 21.0. The second kappa shape index (κ2) is 11.7. The molecule has 34 heavy (non-hydrogen) atoms. The summed E-state index contributed by atoms with van der Waals surface area (Å²) in [6.07, 6.45) is 0.466. The van der Waals surface area contributed by atoms with Gasteiger partial charge in [0.1, 0.15) is 17.2 Å². The van der Waals surface area contributed by atoms with Crippen molar-refractivity contribution in [1.29, 1.82) is 0 Å². The second-order valence-electron chi connectivity index (χ2n) is 10.2. The highest BCUT2D eigenvalue weighted by Crippen LogP contribution is 2.19. The SMILES string of the molecule is CC(C)(C)OC(=O)NCCCC[C@H](NC(=O)OC(C)(C)C)C(=O)Nc1ccc2ccccc2c1. The number of unbranched alkanes of at least 4 members (excludes halogenated alkanes) is 1. The van der Waals surface area contributed by atoms with E-state index < -0.39 is 29.4 Å². The van der Waals surface area contributed by atoms with Gasteiger partial charge in [0.05, 0.1) is 0 Å². The number of hydrogen-bond acceptors (Lipinski definition) is 5. The maximum atomic E-state index is 13.0. The first kappa shape index (κ1) is 27.0. The first-order chi connectivity index (χ1) is 15.8. The number of alkyl carbamates (subject to hydrolysis) is 2. The number of ether oxygens (including phenoxy) is 2. The van der Waals surface area contributed by atoms with Crippen molar-refractivity contribution >= 4 is 34.6 Å². The third kappa shape index (κ3) is 10.1. The Labute approximate surface area is 201 Å². The first-order valence-corrected chi connectivity index (χ1v) is 11.6. The quantitative estimate of drug-likeness (QED) is 0.449. The molecule has 8 nitrogen and oxygen atoms in total. The molecule has 2 aromatic carbocycles. The highest BCUT2D eigenvalue weighted by atomic mass is 16.6. The van der Waals surface area contributed by atoms with Crippen LogP contribution in [0, 0.1) is 0 Å². The molecule has 0 heterocycles. The Balaban J connectivity index is 1.96. The molecule has 2 rings (SSSR count). The van der Waals surface area contributed by atoms with Gasteiger partial charge in [-0.05, 0) is 83.7 Å². The highest BCUT2D eigenvalue weighted by Gasteiger charge is 2.24. The minimum Gasteiger partial charge on any atom is -0.444 e. The number of anilines is 1. The average molecular weight is 472 g/mol. The number of carbonyl (C=O) groups is 3. The number of benzene rings is 2. The third-order valence-electron chi connectivity index (χ3n) is 4.61. The van der Waals surface area contributed by atoms with Gasteiger partial charge in [-0.25, -0.2) is 9.59 Å². The van der Waals surface area contributed by atoms with Crippen molar-refractivity contribution in [2.75, 3.05) is 11.9 Å². The molecular weight excluding hydrogens is 434 g/mol. The summed E-state index contributed by atoms with van der Waals surface area (Å²) < 4.78 is 10.5. The van der Waals surface area contributed by atoms with Crippen LogP contribution in [0.1, 0.15) is 60.8 Å². The van der Waals surface area contributed by atoms with Gasteiger partial charge in [-0.3, -0.25) is 4.79 Å². The van der Waals surface area contributed by atoms with Gasteiger partial charge in [-0.2, -0.15) is 0 Å². The molecule has 0 aliphatic carbocycles. The number of hydrogen-bond donors (Lipinski definition) is 3. The van der Waals surface area contributed by atoms with Gasteiger partial charge >= 0.3 is 12.2 Å². The van der Waals surface area contributed by atoms with Crippen molar-refractivity contribution in [3.63, 3.8) is 0 Å². The van der Waals surface area contributed by atoms with Crippen LogP contribution in [0.2, 0.25) is 0 Å². The monoisotopic (exact) mass is 471 g/mol. The van der Waals surface area contributed by atoms with Gasteiger partial charge in [0.25, 0.3) is 0 Å². The van der Waals surface area contributed by atoms with E-state index in [-0.39, 0.29) is 5.91 Å². The molecule has 0 spiro atoms. The lowest BCUT2D eigenvalue weighted by Crippen LogP contribution is -2.45. The summed E-state index contributed by atoms with van der Waals surface area (Å²) >= 11 is 0. The molecule has 0 radical (unpaired) electrons. The second-order valence-corrected chi connectivity index (χ2v) is 10.2. The van der Waals surface area contributed by atoms with E-state index in [1.807, 2.05) is 42.5 Å². The normalized spacial score (nSPS) is 12.5. The molecule has 3 amide bonds. The van der Waals surface area contributed by atoms with E-state index in [4.69, 9.17) is 9.47 Å². The Morgan fingerprint density at radius 2 is 1.44 bits per heavy atom. The van der Waals surface area contributed by atoms with Crippen LogP contribution < -0.4 is 16.0 Å². The maximum absolute atomic E-state index is 13.0. The van der Waals surface area contributed by atoms with Crippen molar-refractivity contribution in [1.82, 2.24) is 10.6 Å². The zero-order valence-corrected chi connectivity index (χ0v) is 21.0. The van der Waals surface area contributed by atoms with E-state index in [0.29, 0.717) is 31.5 Å². The standard InChI is InChI=1S/C26H37N3O5/c1-25(2,3)33-23(31)27-16-10-9-13-21(29-24(32)34-26(4,5)6)22(30)28-20-15-14-18-11-7-8-12-19(18)17-20/h7-8,11-12,14-15,17,21H,9-10,13,16H2,1-6H3,(H,27,31)(H,28,30)(H,29,32)/t21-/m0/s1. The summed E-state index contributed by atoms with van der Waals surface area (Å²) in [5.41, 5.74) is -0.597. The maximum Gasteiger partial charge on any atom is 0.408 e. The van der Waals surface area contributed by atoms with Gasteiger partial charge in [0.2, 0.25) is 5.91 Å². The number of nitrogens with one attached hydrogen (secondary N) is 3. The molecular formula is C26H37N3O5. The lowest BCUT2D eigenvalue weighted by atomic mass is 10.1. The molecule has 186 valence electrons. The fourth-order valence-corrected chi connectivity index (χ4v) is 3.19. The molecule has 1 atom stereocenters. The number of carbonyl (C=O) groups excluding carboxylic acids is 3. The Bertz CT molecular complexity index is 992. The van der Waals surface area contributed by atoms with Crippen LogP contribution in [0.3, 0.4) is 0 Å². The average Bonchev–Trinajstić information content (AvgIpc) is 2.70. The highest BCUT2D eigenvalue weighted by molar-refractivity contribution is 5.98. The van der Waals surface area contributed by atoms with E-state index in [2.05, 4.69) is 16.0 Å². The van der Waals surface area contributed by atoms with Crippen LogP contribution in [0.4, 0.5) is 15.3 Å². The molecule has 2 aromatic rings. The summed E-state index contributed by atoms with van der Waals surface area (Å²) in [5, 5.41) is 10.3. The Hall–Kier alpha value is -3.29. The largest absolute Gasteiger partial charge is 0.444 e. The van der Waals surface area contributed by atoms with Crippen molar-refractivity contribution in [3.05, 3.63) is 42.5 Å². The molecule has 3 N–H and O–H groups in total. The Kier molecular flexibility index (Phi) is 9.29. The molecule has 0 fully saturated rings. The third-order valence-corrected chi connectivity index (χ3v) is 4.61. The van der Waals surface area contributed by atoms with E-state index >= 15 is 0 Å². The zero-order chi connectivity index (χ0) is 25.4.